The zero-order valence-corrected chi connectivity index (χ0v) is 12.7. The van der Waals surface area contributed by atoms with Gasteiger partial charge in [-0.2, -0.15) is 13.2 Å². The zero-order chi connectivity index (χ0) is 16.5. The molecule has 5 nitrogen and oxygen atoms in total. The number of halogens is 4. The van der Waals surface area contributed by atoms with E-state index in [0.717, 1.165) is 4.90 Å². The Bertz CT molecular complexity index is 594. The highest BCUT2D eigenvalue weighted by atomic mass is 79.9. The number of nitrogens with one attached hydrogen (secondary N) is 1. The van der Waals surface area contributed by atoms with Crippen molar-refractivity contribution < 1.29 is 27.9 Å². The van der Waals surface area contributed by atoms with Gasteiger partial charge in [0.15, 0.2) is 0 Å². The fourth-order valence-corrected chi connectivity index (χ4v) is 2.69. The second-order valence-electron chi connectivity index (χ2n) is 4.91. The second-order valence-corrected chi connectivity index (χ2v) is 5.76. The molecule has 1 aliphatic rings. The Morgan fingerprint density at radius 2 is 1.91 bits per heavy atom. The van der Waals surface area contributed by atoms with E-state index in [9.17, 15) is 22.8 Å². The molecule has 0 aliphatic carbocycles. The lowest BCUT2D eigenvalue weighted by Gasteiger charge is -2.19. The molecule has 0 aromatic heterocycles. The van der Waals surface area contributed by atoms with Gasteiger partial charge in [-0.15, -0.1) is 0 Å². The number of benzene rings is 1. The maximum Gasteiger partial charge on any atom is 0.394 e. The summed E-state index contributed by atoms with van der Waals surface area (Å²) in [5.41, 5.74) is 0.398. The number of carboxylic acids is 1. The Hall–Kier alpha value is -1.77. The van der Waals surface area contributed by atoms with Gasteiger partial charge in [-0.05, 0) is 28.1 Å². The van der Waals surface area contributed by atoms with Gasteiger partial charge >= 0.3 is 18.2 Å². The number of nitrogens with zero attached hydrogens (tertiary/aromatic N) is 1. The number of amides is 2. The monoisotopic (exact) mass is 380 g/mol. The first-order valence-electron chi connectivity index (χ1n) is 6.30. The Morgan fingerprint density at radius 3 is 2.41 bits per heavy atom. The second kappa shape index (κ2) is 6.15. The first-order chi connectivity index (χ1) is 10.2. The molecule has 0 saturated carbocycles. The minimum atomic E-state index is -4.66. The highest BCUT2D eigenvalue weighted by Gasteiger charge is 2.53. The fourth-order valence-electron chi connectivity index (χ4n) is 2.31. The molecule has 0 radical (unpaired) electrons. The van der Waals surface area contributed by atoms with Gasteiger partial charge in [-0.3, -0.25) is 4.79 Å². The van der Waals surface area contributed by atoms with Crippen LogP contribution in [0.25, 0.3) is 0 Å². The number of urea groups is 1. The van der Waals surface area contributed by atoms with Gasteiger partial charge in [0.2, 0.25) is 0 Å². The molecule has 1 saturated heterocycles. The number of rotatable bonds is 2. The first-order valence-corrected chi connectivity index (χ1v) is 7.09. The Balaban J connectivity index is 2.12. The third kappa shape index (κ3) is 3.52. The molecule has 2 rings (SSSR count). The molecule has 1 aliphatic heterocycles. The van der Waals surface area contributed by atoms with Gasteiger partial charge in [0.25, 0.3) is 0 Å². The molecule has 120 valence electrons. The van der Waals surface area contributed by atoms with Crippen molar-refractivity contribution in [1.29, 1.82) is 0 Å². The van der Waals surface area contributed by atoms with Gasteiger partial charge < -0.3 is 15.3 Å². The number of anilines is 1. The maximum atomic E-state index is 12.9. The van der Waals surface area contributed by atoms with Gasteiger partial charge in [-0.25, -0.2) is 4.79 Å². The van der Waals surface area contributed by atoms with Gasteiger partial charge in [0, 0.05) is 17.6 Å². The van der Waals surface area contributed by atoms with Crippen LogP contribution in [0.1, 0.15) is 0 Å². The van der Waals surface area contributed by atoms with Crippen LogP contribution >= 0.6 is 15.9 Å². The summed E-state index contributed by atoms with van der Waals surface area (Å²) in [6, 6.07) is 5.86. The number of aliphatic carboxylic acids is 1. The summed E-state index contributed by atoms with van der Waals surface area (Å²) in [7, 11) is 0. The minimum absolute atomic E-state index is 0.398. The Kier molecular flexibility index (Phi) is 4.64. The van der Waals surface area contributed by atoms with E-state index >= 15 is 0 Å². The number of hydrogen-bond donors (Lipinski definition) is 2. The van der Waals surface area contributed by atoms with E-state index in [1.54, 1.807) is 24.3 Å². The fraction of sp³-hybridized carbons (Fsp3) is 0.385. The molecule has 2 N–H and O–H groups in total. The Morgan fingerprint density at radius 1 is 1.27 bits per heavy atom. The number of alkyl halides is 3. The summed E-state index contributed by atoms with van der Waals surface area (Å²) in [5, 5.41) is 11.4. The van der Waals surface area contributed by atoms with E-state index in [4.69, 9.17) is 5.11 Å². The van der Waals surface area contributed by atoms with Crippen LogP contribution in [0.2, 0.25) is 0 Å². The lowest BCUT2D eigenvalue weighted by Crippen LogP contribution is -2.35. The van der Waals surface area contributed by atoms with Crippen molar-refractivity contribution >= 4 is 33.6 Å². The van der Waals surface area contributed by atoms with Crippen LogP contribution < -0.4 is 5.32 Å². The quantitative estimate of drug-likeness (QED) is 0.827. The van der Waals surface area contributed by atoms with Crippen molar-refractivity contribution in [3.63, 3.8) is 0 Å². The molecule has 1 aromatic carbocycles. The summed E-state index contributed by atoms with van der Waals surface area (Å²) in [5.74, 6) is -5.27. The predicted molar refractivity (Wildman–Crippen MR) is 75.4 cm³/mol. The SMILES string of the molecule is O=C(O)[C@@H]1CN(C(=O)Nc2ccccc2Br)C[C@H]1C(F)(F)F. The standard InChI is InChI=1S/C13H12BrF3N2O3/c14-9-3-1-2-4-10(9)18-12(22)19-5-7(11(20)21)8(6-19)13(15,16)17/h1-4,7-8H,5-6H2,(H,18,22)(H,20,21)/t7-,8-/m1/s1. The van der Waals surface area contributed by atoms with E-state index in [-0.39, 0.29) is 0 Å². The number of carbonyl (C=O) groups is 2. The van der Waals surface area contributed by atoms with Crippen molar-refractivity contribution in [2.75, 3.05) is 18.4 Å². The molecule has 0 bridgehead atoms. The molecule has 0 spiro atoms. The molecular formula is C13H12BrF3N2O3. The zero-order valence-electron chi connectivity index (χ0n) is 11.1. The molecule has 0 unspecified atom stereocenters. The highest BCUT2D eigenvalue weighted by Crippen LogP contribution is 2.38. The minimum Gasteiger partial charge on any atom is -0.481 e. The van der Waals surface area contributed by atoms with E-state index < -0.39 is 43.1 Å². The van der Waals surface area contributed by atoms with Crippen molar-refractivity contribution in [1.82, 2.24) is 4.90 Å². The number of carbonyl (C=O) groups excluding carboxylic acids is 1. The summed E-state index contributed by atoms with van der Waals surface area (Å²) < 4.78 is 39.2. The normalized spacial score (nSPS) is 21.7. The maximum absolute atomic E-state index is 12.9. The smallest absolute Gasteiger partial charge is 0.394 e. The summed E-state index contributed by atoms with van der Waals surface area (Å²) in [4.78, 5) is 23.9. The van der Waals surface area contributed by atoms with E-state index in [2.05, 4.69) is 21.2 Å². The highest BCUT2D eigenvalue weighted by molar-refractivity contribution is 9.10. The van der Waals surface area contributed by atoms with Gasteiger partial charge in [0.1, 0.15) is 0 Å². The number of hydrogen-bond acceptors (Lipinski definition) is 2. The molecule has 9 heteroatoms. The lowest BCUT2D eigenvalue weighted by atomic mass is 9.96. The molecule has 2 atom stereocenters. The van der Waals surface area contributed by atoms with Crippen LogP contribution in [0.3, 0.4) is 0 Å². The largest absolute Gasteiger partial charge is 0.481 e. The van der Waals surface area contributed by atoms with Crippen molar-refractivity contribution in [3.05, 3.63) is 28.7 Å². The molecule has 1 aromatic rings. The summed E-state index contributed by atoms with van der Waals surface area (Å²) in [6.45, 7) is -1.15. The van der Waals surface area contributed by atoms with Crippen molar-refractivity contribution in [2.24, 2.45) is 11.8 Å². The Labute approximate surface area is 132 Å². The van der Waals surface area contributed by atoms with Crippen molar-refractivity contribution in [2.45, 2.75) is 6.18 Å². The van der Waals surface area contributed by atoms with Crippen LogP contribution in [-0.4, -0.2) is 41.3 Å². The van der Waals surface area contributed by atoms with Crippen LogP contribution in [0.5, 0.6) is 0 Å². The summed E-state index contributed by atoms with van der Waals surface area (Å²) >= 11 is 3.20. The average molecular weight is 381 g/mol. The third-order valence-corrected chi connectivity index (χ3v) is 4.15. The van der Waals surface area contributed by atoms with Gasteiger partial charge in [0.05, 0.1) is 17.5 Å². The molecule has 1 heterocycles. The van der Waals surface area contributed by atoms with Crippen LogP contribution in [0.4, 0.5) is 23.7 Å². The first kappa shape index (κ1) is 16.6. The molecule has 1 fully saturated rings. The summed E-state index contributed by atoms with van der Waals surface area (Å²) in [6.07, 6.45) is -4.66. The third-order valence-electron chi connectivity index (χ3n) is 3.46. The van der Waals surface area contributed by atoms with Crippen LogP contribution in [0, 0.1) is 11.8 Å². The van der Waals surface area contributed by atoms with Crippen LogP contribution in [-0.2, 0) is 4.79 Å². The average Bonchev–Trinajstić information content (AvgIpc) is 2.86. The number of carboxylic acid groups (broad SMARTS) is 1. The van der Waals surface area contributed by atoms with Gasteiger partial charge in [-0.1, -0.05) is 12.1 Å². The molecular weight excluding hydrogens is 369 g/mol. The lowest BCUT2D eigenvalue weighted by molar-refractivity contribution is -0.187. The van der Waals surface area contributed by atoms with E-state index in [0.29, 0.717) is 10.2 Å². The molecule has 2 amide bonds. The van der Waals surface area contributed by atoms with E-state index in [1.165, 1.54) is 0 Å². The van der Waals surface area contributed by atoms with E-state index in [1.807, 2.05) is 0 Å². The van der Waals surface area contributed by atoms with Crippen LogP contribution in [0.15, 0.2) is 28.7 Å². The van der Waals surface area contributed by atoms with Crippen molar-refractivity contribution in [3.8, 4) is 0 Å². The predicted octanol–water partition coefficient (Wildman–Crippen LogP) is 3.18. The number of para-hydroxylation sites is 1. The molecule has 22 heavy (non-hydrogen) atoms. The topological polar surface area (TPSA) is 69.6 Å². The number of likely N-dealkylation sites (tertiary alicyclic amines) is 1.